The largest absolute Gasteiger partial charge is 0.454 e. The average molecular weight is 536 g/mol. The number of hydrogen-bond donors (Lipinski definition) is 0. The molecule has 0 aromatic heterocycles. The SMILES string of the molecule is CCC(=O)N1CCc2cc(Br)cc(S(=O)(=O)N3CCN(Cc4ccc5c(c4)OCO5)CC3)c21. The third kappa shape index (κ3) is 4.25. The van der Waals surface area contributed by atoms with Crippen LogP contribution in [0.15, 0.2) is 39.7 Å². The first-order valence-electron chi connectivity index (χ1n) is 11.1. The second-order valence-electron chi connectivity index (χ2n) is 8.43. The summed E-state index contributed by atoms with van der Waals surface area (Å²) in [5.74, 6) is 1.45. The van der Waals surface area contributed by atoms with Crippen LogP contribution in [0.3, 0.4) is 0 Å². The number of nitrogens with zero attached hydrogens (tertiary/aromatic N) is 3. The first-order chi connectivity index (χ1) is 15.9. The Morgan fingerprint density at radius 3 is 2.55 bits per heavy atom. The Morgan fingerprint density at radius 1 is 1.03 bits per heavy atom. The zero-order chi connectivity index (χ0) is 23.2. The van der Waals surface area contributed by atoms with Crippen molar-refractivity contribution >= 4 is 37.5 Å². The molecule has 0 atom stereocenters. The Bertz CT molecular complexity index is 1190. The number of carbonyl (C=O) groups is 1. The number of carbonyl (C=O) groups excluding carboxylic acids is 1. The van der Waals surface area contributed by atoms with Crippen molar-refractivity contribution < 1.29 is 22.7 Å². The van der Waals surface area contributed by atoms with Gasteiger partial charge in [0.25, 0.3) is 0 Å². The molecule has 0 radical (unpaired) electrons. The van der Waals surface area contributed by atoms with Gasteiger partial charge in [-0.25, -0.2) is 8.42 Å². The molecule has 0 unspecified atom stereocenters. The molecule has 1 saturated heterocycles. The fourth-order valence-electron chi connectivity index (χ4n) is 4.67. The normalized spacial score (nSPS) is 18.5. The zero-order valence-electron chi connectivity index (χ0n) is 18.4. The lowest BCUT2D eigenvalue weighted by atomic mass is 10.2. The van der Waals surface area contributed by atoms with Crippen molar-refractivity contribution in [1.29, 1.82) is 0 Å². The molecule has 0 spiro atoms. The van der Waals surface area contributed by atoms with E-state index in [9.17, 15) is 13.2 Å². The van der Waals surface area contributed by atoms with Crippen LogP contribution in [0, 0.1) is 0 Å². The van der Waals surface area contributed by atoms with E-state index in [4.69, 9.17) is 9.47 Å². The van der Waals surface area contributed by atoms with Crippen molar-refractivity contribution in [2.24, 2.45) is 0 Å². The van der Waals surface area contributed by atoms with Gasteiger partial charge in [-0.2, -0.15) is 4.31 Å². The van der Waals surface area contributed by atoms with E-state index in [1.165, 1.54) is 4.31 Å². The molecular weight excluding hydrogens is 510 g/mol. The van der Waals surface area contributed by atoms with E-state index in [0.717, 1.165) is 29.2 Å². The molecule has 3 heterocycles. The van der Waals surface area contributed by atoms with Crippen LogP contribution in [0.4, 0.5) is 5.69 Å². The third-order valence-electron chi connectivity index (χ3n) is 6.39. The number of hydrogen-bond acceptors (Lipinski definition) is 6. The molecule has 8 nitrogen and oxygen atoms in total. The van der Waals surface area contributed by atoms with Gasteiger partial charge in [-0.1, -0.05) is 28.9 Å². The highest BCUT2D eigenvalue weighted by Crippen LogP contribution is 2.39. The van der Waals surface area contributed by atoms with Crippen LogP contribution in [0.2, 0.25) is 0 Å². The maximum Gasteiger partial charge on any atom is 0.245 e. The third-order valence-corrected chi connectivity index (χ3v) is 8.76. The van der Waals surface area contributed by atoms with E-state index in [1.54, 1.807) is 17.9 Å². The van der Waals surface area contributed by atoms with Gasteiger partial charge in [0.15, 0.2) is 11.5 Å². The predicted molar refractivity (Wildman–Crippen MR) is 127 cm³/mol. The molecule has 2 aromatic rings. The van der Waals surface area contributed by atoms with E-state index in [-0.39, 0.29) is 17.6 Å². The Balaban J connectivity index is 1.33. The average Bonchev–Trinajstić information content (AvgIpc) is 3.45. The molecule has 3 aliphatic rings. The molecule has 0 aliphatic carbocycles. The number of halogens is 1. The number of ether oxygens (including phenoxy) is 2. The fourth-order valence-corrected chi connectivity index (χ4v) is 7.01. The first kappa shape index (κ1) is 22.6. The van der Waals surface area contributed by atoms with Crippen LogP contribution in [0.1, 0.15) is 24.5 Å². The molecule has 1 amide bonds. The van der Waals surface area contributed by atoms with Gasteiger partial charge in [0, 0.05) is 50.2 Å². The number of benzene rings is 2. The summed E-state index contributed by atoms with van der Waals surface area (Å²) >= 11 is 3.46. The molecule has 0 N–H and O–H groups in total. The van der Waals surface area contributed by atoms with Gasteiger partial charge in [-0.3, -0.25) is 9.69 Å². The summed E-state index contributed by atoms with van der Waals surface area (Å²) < 4.78 is 40.4. The van der Waals surface area contributed by atoms with Crippen LogP contribution in [0.5, 0.6) is 11.5 Å². The van der Waals surface area contributed by atoms with Crippen LogP contribution in [-0.2, 0) is 27.8 Å². The number of anilines is 1. The molecule has 0 saturated carbocycles. The smallest absolute Gasteiger partial charge is 0.245 e. The highest BCUT2D eigenvalue weighted by atomic mass is 79.9. The summed E-state index contributed by atoms with van der Waals surface area (Å²) in [7, 11) is -3.74. The minimum absolute atomic E-state index is 0.0546. The Hall–Kier alpha value is -2.14. The van der Waals surface area contributed by atoms with E-state index in [2.05, 4.69) is 20.8 Å². The first-order valence-corrected chi connectivity index (χ1v) is 13.3. The van der Waals surface area contributed by atoms with Crippen LogP contribution < -0.4 is 14.4 Å². The lowest BCUT2D eigenvalue weighted by Gasteiger charge is -2.34. The van der Waals surface area contributed by atoms with E-state index < -0.39 is 10.0 Å². The number of fused-ring (bicyclic) bond motifs is 2. The molecule has 0 bridgehead atoms. The summed E-state index contributed by atoms with van der Waals surface area (Å²) in [5.41, 5.74) is 2.55. The summed E-state index contributed by atoms with van der Waals surface area (Å²) in [6.07, 6.45) is 1.000. The number of sulfonamides is 1. The van der Waals surface area contributed by atoms with Crippen molar-refractivity contribution in [2.75, 3.05) is 44.4 Å². The number of rotatable bonds is 5. The molecule has 5 rings (SSSR count). The molecule has 176 valence electrons. The maximum atomic E-state index is 13.7. The molecular formula is C23H26BrN3O5S. The second kappa shape index (κ2) is 8.90. The van der Waals surface area contributed by atoms with Gasteiger partial charge in [0.05, 0.1) is 5.69 Å². The highest BCUT2D eigenvalue weighted by Gasteiger charge is 2.36. The Kier molecular flexibility index (Phi) is 6.11. The van der Waals surface area contributed by atoms with Gasteiger partial charge >= 0.3 is 0 Å². The van der Waals surface area contributed by atoms with Gasteiger partial charge in [-0.05, 0) is 41.8 Å². The molecule has 1 fully saturated rings. The molecule has 33 heavy (non-hydrogen) atoms. The lowest BCUT2D eigenvalue weighted by molar-refractivity contribution is -0.118. The molecule has 3 aliphatic heterocycles. The lowest BCUT2D eigenvalue weighted by Crippen LogP contribution is -2.48. The van der Waals surface area contributed by atoms with E-state index >= 15 is 0 Å². The number of piperazine rings is 1. The quantitative estimate of drug-likeness (QED) is 0.585. The van der Waals surface area contributed by atoms with Crippen molar-refractivity contribution in [2.45, 2.75) is 31.2 Å². The van der Waals surface area contributed by atoms with Crippen LogP contribution >= 0.6 is 15.9 Å². The Morgan fingerprint density at radius 2 is 1.79 bits per heavy atom. The van der Waals surface area contributed by atoms with Crippen molar-refractivity contribution in [1.82, 2.24) is 9.21 Å². The molecule has 2 aromatic carbocycles. The van der Waals surface area contributed by atoms with Crippen LogP contribution in [-0.4, -0.2) is 63.0 Å². The monoisotopic (exact) mass is 535 g/mol. The predicted octanol–water partition coefficient (Wildman–Crippen LogP) is 2.98. The van der Waals surface area contributed by atoms with Gasteiger partial charge in [0.1, 0.15) is 4.90 Å². The van der Waals surface area contributed by atoms with Crippen molar-refractivity contribution in [3.8, 4) is 11.5 Å². The summed E-state index contributed by atoms with van der Waals surface area (Å²) in [6.45, 7) is 5.33. The molecule has 10 heteroatoms. The van der Waals surface area contributed by atoms with Crippen molar-refractivity contribution in [3.05, 3.63) is 45.9 Å². The van der Waals surface area contributed by atoms with Gasteiger partial charge in [-0.15, -0.1) is 0 Å². The van der Waals surface area contributed by atoms with Crippen molar-refractivity contribution in [3.63, 3.8) is 0 Å². The fraction of sp³-hybridized carbons (Fsp3) is 0.435. The summed E-state index contributed by atoms with van der Waals surface area (Å²) in [4.78, 5) is 16.6. The minimum atomic E-state index is -3.74. The summed E-state index contributed by atoms with van der Waals surface area (Å²) in [6, 6.07) is 9.46. The van der Waals surface area contributed by atoms with Crippen LogP contribution in [0.25, 0.3) is 0 Å². The summed E-state index contributed by atoms with van der Waals surface area (Å²) in [5, 5.41) is 0. The maximum absolute atomic E-state index is 13.7. The standard InChI is InChI=1S/C23H26BrN3O5S/c1-2-22(28)27-6-5-17-12-18(24)13-21(23(17)27)33(29,30)26-9-7-25(8-10-26)14-16-3-4-19-20(11-16)32-15-31-19/h3-4,11-13H,2,5-10,14-15H2,1H3. The number of amides is 1. The second-order valence-corrected chi connectivity index (χ2v) is 11.3. The van der Waals surface area contributed by atoms with E-state index in [1.807, 2.05) is 24.3 Å². The highest BCUT2D eigenvalue weighted by molar-refractivity contribution is 9.10. The van der Waals surface area contributed by atoms with Gasteiger partial charge < -0.3 is 14.4 Å². The topological polar surface area (TPSA) is 79.4 Å². The zero-order valence-corrected chi connectivity index (χ0v) is 20.8. The minimum Gasteiger partial charge on any atom is -0.454 e. The Labute approximate surface area is 202 Å². The van der Waals surface area contributed by atoms with Gasteiger partial charge in [0.2, 0.25) is 22.7 Å². The van der Waals surface area contributed by atoms with E-state index in [0.29, 0.717) is 55.7 Å².